The second-order valence-electron chi connectivity index (χ2n) is 3.15. The largest absolute Gasteiger partial charge is 0.465 e. The van der Waals surface area contributed by atoms with E-state index in [2.05, 4.69) is 11.9 Å². The first-order valence-electron chi connectivity index (χ1n) is 4.98. The van der Waals surface area contributed by atoms with E-state index in [0.29, 0.717) is 17.3 Å². The van der Waals surface area contributed by atoms with Crippen molar-refractivity contribution in [3.05, 3.63) is 41.4 Å². The van der Waals surface area contributed by atoms with Gasteiger partial charge in [-0.1, -0.05) is 30.3 Å². The van der Waals surface area contributed by atoms with E-state index >= 15 is 0 Å². The lowest BCUT2D eigenvalue weighted by atomic mass is 10.2. The van der Waals surface area contributed by atoms with Crippen molar-refractivity contribution in [1.29, 1.82) is 0 Å². The molecule has 0 atom stereocenters. The van der Waals surface area contributed by atoms with Crippen LogP contribution in [0.3, 0.4) is 0 Å². The number of hydrogen-bond donors (Lipinski definition) is 1. The van der Waals surface area contributed by atoms with Crippen molar-refractivity contribution in [2.24, 2.45) is 0 Å². The summed E-state index contributed by atoms with van der Waals surface area (Å²) in [4.78, 5) is 11.1. The van der Waals surface area contributed by atoms with Crippen molar-refractivity contribution in [3.63, 3.8) is 0 Å². The van der Waals surface area contributed by atoms with E-state index in [1.807, 2.05) is 12.1 Å². The molecule has 0 fully saturated rings. The van der Waals surface area contributed by atoms with Gasteiger partial charge in [-0.25, -0.2) is 0 Å². The highest BCUT2D eigenvalue weighted by Gasteiger charge is 2.03. The van der Waals surface area contributed by atoms with Crippen molar-refractivity contribution in [2.75, 3.05) is 13.2 Å². The Balaban J connectivity index is 2.50. The molecule has 1 aromatic rings. The van der Waals surface area contributed by atoms with E-state index in [9.17, 15) is 4.79 Å². The van der Waals surface area contributed by atoms with Gasteiger partial charge in [-0.05, 0) is 24.6 Å². The summed E-state index contributed by atoms with van der Waals surface area (Å²) in [5, 5.41) is 3.52. The van der Waals surface area contributed by atoms with E-state index in [1.165, 1.54) is 0 Å². The Bertz CT molecular complexity index is 390. The highest BCUT2D eigenvalue weighted by Crippen LogP contribution is 2.15. The number of rotatable bonds is 5. The molecular weight excluding hydrogens is 226 g/mol. The van der Waals surface area contributed by atoms with E-state index in [1.54, 1.807) is 19.1 Å². The Morgan fingerprint density at radius 1 is 1.56 bits per heavy atom. The summed E-state index contributed by atoms with van der Waals surface area (Å²) in [6.07, 6.45) is 0. The zero-order valence-corrected chi connectivity index (χ0v) is 9.88. The molecule has 0 bridgehead atoms. The molecule has 0 saturated heterocycles. The first kappa shape index (κ1) is 12.6. The topological polar surface area (TPSA) is 38.3 Å². The van der Waals surface area contributed by atoms with Crippen molar-refractivity contribution >= 4 is 23.3 Å². The second-order valence-corrected chi connectivity index (χ2v) is 3.58. The van der Waals surface area contributed by atoms with Crippen LogP contribution in [-0.2, 0) is 9.53 Å². The van der Waals surface area contributed by atoms with Gasteiger partial charge in [0.25, 0.3) is 0 Å². The maximum Gasteiger partial charge on any atom is 0.325 e. The number of halogens is 1. The molecule has 3 nitrogen and oxygen atoms in total. The Labute approximate surface area is 100 Å². The van der Waals surface area contributed by atoms with E-state index < -0.39 is 0 Å². The third-order valence-corrected chi connectivity index (χ3v) is 2.16. The summed E-state index contributed by atoms with van der Waals surface area (Å²) in [6, 6.07) is 7.26. The molecule has 0 spiro atoms. The Morgan fingerprint density at radius 3 is 2.94 bits per heavy atom. The standard InChI is InChI=1S/C12H14ClNO2/c1-3-16-12(15)8-14-9(2)10-5-4-6-11(13)7-10/h4-7,14H,2-3,8H2,1H3. The molecule has 0 aliphatic rings. The van der Waals surface area contributed by atoms with Gasteiger partial charge in [0.2, 0.25) is 0 Å². The van der Waals surface area contributed by atoms with E-state index in [4.69, 9.17) is 16.3 Å². The maximum absolute atomic E-state index is 11.1. The maximum atomic E-state index is 11.1. The molecule has 0 aromatic heterocycles. The lowest BCUT2D eigenvalue weighted by molar-refractivity contribution is -0.141. The van der Waals surface area contributed by atoms with Crippen LogP contribution in [0, 0.1) is 0 Å². The molecule has 1 rings (SSSR count). The normalized spacial score (nSPS) is 9.62. The minimum Gasteiger partial charge on any atom is -0.465 e. The number of nitrogens with one attached hydrogen (secondary N) is 1. The van der Waals surface area contributed by atoms with Crippen LogP contribution in [0.4, 0.5) is 0 Å². The lowest BCUT2D eigenvalue weighted by Gasteiger charge is -2.09. The first-order valence-corrected chi connectivity index (χ1v) is 5.35. The molecule has 0 aliphatic heterocycles. The highest BCUT2D eigenvalue weighted by atomic mass is 35.5. The molecule has 0 saturated carbocycles. The van der Waals surface area contributed by atoms with Crippen molar-refractivity contribution in [1.82, 2.24) is 5.32 Å². The molecule has 0 amide bonds. The monoisotopic (exact) mass is 239 g/mol. The third-order valence-electron chi connectivity index (χ3n) is 1.92. The van der Waals surface area contributed by atoms with Gasteiger partial charge in [-0.15, -0.1) is 0 Å². The summed E-state index contributed by atoms with van der Waals surface area (Å²) in [5.74, 6) is -0.300. The number of benzene rings is 1. The molecule has 1 aromatic carbocycles. The summed E-state index contributed by atoms with van der Waals surface area (Å²) < 4.78 is 4.78. The Morgan fingerprint density at radius 2 is 2.31 bits per heavy atom. The van der Waals surface area contributed by atoms with Crippen molar-refractivity contribution in [2.45, 2.75) is 6.92 Å². The van der Waals surface area contributed by atoms with E-state index in [0.717, 1.165) is 5.56 Å². The van der Waals surface area contributed by atoms with E-state index in [-0.39, 0.29) is 12.5 Å². The van der Waals surface area contributed by atoms with Crippen LogP contribution in [0.1, 0.15) is 12.5 Å². The molecule has 4 heteroatoms. The molecule has 1 N–H and O–H groups in total. The summed E-state index contributed by atoms with van der Waals surface area (Å²) in [6.45, 7) is 6.08. The molecule has 0 unspecified atom stereocenters. The summed E-state index contributed by atoms with van der Waals surface area (Å²) >= 11 is 5.84. The molecular formula is C12H14ClNO2. The van der Waals surface area contributed by atoms with Gasteiger partial charge < -0.3 is 10.1 Å². The Kier molecular flexibility index (Phi) is 4.86. The molecule has 0 radical (unpaired) electrons. The predicted molar refractivity (Wildman–Crippen MR) is 65.1 cm³/mol. The van der Waals surface area contributed by atoms with Gasteiger partial charge in [0.05, 0.1) is 6.61 Å². The lowest BCUT2D eigenvalue weighted by Crippen LogP contribution is -2.23. The number of carbonyl (C=O) groups is 1. The quantitative estimate of drug-likeness (QED) is 0.803. The predicted octanol–water partition coefficient (Wildman–Crippen LogP) is 2.46. The minimum atomic E-state index is -0.300. The van der Waals surface area contributed by atoms with Crippen LogP contribution in [-0.4, -0.2) is 19.1 Å². The average molecular weight is 240 g/mol. The zero-order chi connectivity index (χ0) is 12.0. The summed E-state index contributed by atoms with van der Waals surface area (Å²) in [7, 11) is 0. The smallest absolute Gasteiger partial charge is 0.325 e. The minimum absolute atomic E-state index is 0.110. The van der Waals surface area contributed by atoms with Crippen LogP contribution >= 0.6 is 11.6 Å². The van der Waals surface area contributed by atoms with Crippen LogP contribution in [0.5, 0.6) is 0 Å². The van der Waals surface area contributed by atoms with Gasteiger partial charge in [0.15, 0.2) is 0 Å². The van der Waals surface area contributed by atoms with Crippen molar-refractivity contribution in [3.8, 4) is 0 Å². The molecule has 0 aliphatic carbocycles. The fraction of sp³-hybridized carbons (Fsp3) is 0.250. The highest BCUT2D eigenvalue weighted by molar-refractivity contribution is 6.30. The zero-order valence-electron chi connectivity index (χ0n) is 9.13. The Hall–Kier alpha value is -1.48. The number of esters is 1. The number of hydrogen-bond acceptors (Lipinski definition) is 3. The van der Waals surface area contributed by atoms with Gasteiger partial charge in [0.1, 0.15) is 6.54 Å². The van der Waals surface area contributed by atoms with Gasteiger partial charge >= 0.3 is 5.97 Å². The van der Waals surface area contributed by atoms with Crippen LogP contribution in [0.15, 0.2) is 30.8 Å². The summed E-state index contributed by atoms with van der Waals surface area (Å²) in [5.41, 5.74) is 1.51. The average Bonchev–Trinajstić information content (AvgIpc) is 2.26. The van der Waals surface area contributed by atoms with Crippen LogP contribution < -0.4 is 5.32 Å². The molecule has 0 heterocycles. The van der Waals surface area contributed by atoms with Gasteiger partial charge in [-0.2, -0.15) is 0 Å². The first-order chi connectivity index (χ1) is 7.63. The number of ether oxygens (including phenoxy) is 1. The fourth-order valence-corrected chi connectivity index (χ4v) is 1.36. The molecule has 16 heavy (non-hydrogen) atoms. The number of carbonyl (C=O) groups excluding carboxylic acids is 1. The van der Waals surface area contributed by atoms with Gasteiger partial charge in [0, 0.05) is 10.7 Å². The van der Waals surface area contributed by atoms with Crippen molar-refractivity contribution < 1.29 is 9.53 Å². The van der Waals surface area contributed by atoms with Gasteiger partial charge in [-0.3, -0.25) is 4.79 Å². The SMILES string of the molecule is C=C(NCC(=O)OCC)c1cccc(Cl)c1. The fourth-order valence-electron chi connectivity index (χ4n) is 1.17. The second kappa shape index (κ2) is 6.18. The molecule has 86 valence electrons. The third kappa shape index (κ3) is 3.95. The van der Waals surface area contributed by atoms with Crippen LogP contribution in [0.2, 0.25) is 5.02 Å². The van der Waals surface area contributed by atoms with Crippen LogP contribution in [0.25, 0.3) is 5.70 Å².